The van der Waals surface area contributed by atoms with Gasteiger partial charge < -0.3 is 38.7 Å². The van der Waals surface area contributed by atoms with Crippen LogP contribution in [0.1, 0.15) is 134 Å². The number of para-hydroxylation sites is 2. The summed E-state index contributed by atoms with van der Waals surface area (Å²) in [5.74, 6) is 3.74. The van der Waals surface area contributed by atoms with Gasteiger partial charge in [-0.1, -0.05) is 75.9 Å². The first-order valence-corrected chi connectivity index (χ1v) is 26.3. The third kappa shape index (κ3) is 13.2. The summed E-state index contributed by atoms with van der Waals surface area (Å²) in [6.07, 6.45) is 15.2. The van der Waals surface area contributed by atoms with Gasteiger partial charge in [-0.05, 0) is 95.9 Å². The number of amides is 2. The van der Waals surface area contributed by atoms with Gasteiger partial charge in [0.2, 0.25) is 35.4 Å². The fourth-order valence-corrected chi connectivity index (χ4v) is 10.2. The molecule has 388 valence electrons. The SMILES string of the molecule is CCC(=O)CCCCC[C@@H](NC(=O)C1CN(C)C1)c1ncc(-c2cc3ccccc3nc2OC)o1.CCC(=O)CCCCC[C@H](NC(=O)C12CCN(CC1)CC2)c1ncc(-c2cc3ccccc3nc2OC)o1. The third-order valence-electron chi connectivity index (χ3n) is 14.9. The van der Waals surface area contributed by atoms with Crippen LogP contribution in [0.3, 0.4) is 0 Å². The van der Waals surface area contributed by atoms with Crippen LogP contribution in [-0.2, 0) is 19.2 Å². The molecule has 0 saturated carbocycles. The number of piperidine rings is 3. The van der Waals surface area contributed by atoms with E-state index in [1.807, 2.05) is 81.6 Å². The second-order valence-electron chi connectivity index (χ2n) is 20.0. The molecular formula is C57H72N8O8. The Labute approximate surface area is 428 Å². The van der Waals surface area contributed by atoms with E-state index in [1.165, 1.54) is 0 Å². The Morgan fingerprint density at radius 2 is 1.14 bits per heavy atom. The Bertz CT molecular complexity index is 2810. The van der Waals surface area contributed by atoms with Gasteiger partial charge in [-0.15, -0.1) is 0 Å². The van der Waals surface area contributed by atoms with Crippen LogP contribution in [0, 0.1) is 11.3 Å². The first kappa shape index (κ1) is 52.8. The van der Waals surface area contributed by atoms with Crippen LogP contribution in [0.5, 0.6) is 11.8 Å². The van der Waals surface area contributed by atoms with E-state index in [2.05, 4.69) is 40.4 Å². The zero-order valence-electron chi connectivity index (χ0n) is 43.3. The van der Waals surface area contributed by atoms with Gasteiger partial charge in [0.1, 0.15) is 23.7 Å². The fourth-order valence-electron chi connectivity index (χ4n) is 10.2. The monoisotopic (exact) mass is 997 g/mol. The molecule has 2 aromatic carbocycles. The molecule has 0 unspecified atom stereocenters. The number of ether oxygens (including phenoxy) is 2. The highest BCUT2D eigenvalue weighted by Gasteiger charge is 2.46. The lowest BCUT2D eigenvalue weighted by Crippen LogP contribution is -2.55. The summed E-state index contributed by atoms with van der Waals surface area (Å²) in [6, 6.07) is 19.0. The Balaban J connectivity index is 0.000000196. The molecule has 16 nitrogen and oxygen atoms in total. The maximum absolute atomic E-state index is 13.6. The van der Waals surface area contributed by atoms with Crippen molar-refractivity contribution < 1.29 is 37.5 Å². The maximum Gasteiger partial charge on any atom is 0.227 e. The van der Waals surface area contributed by atoms with Crippen LogP contribution < -0.4 is 20.1 Å². The molecule has 4 aromatic heterocycles. The van der Waals surface area contributed by atoms with E-state index in [0.29, 0.717) is 90.7 Å². The second-order valence-corrected chi connectivity index (χ2v) is 20.0. The molecule has 4 saturated heterocycles. The number of methoxy groups -OCH3 is 2. The highest BCUT2D eigenvalue weighted by Crippen LogP contribution is 2.42. The molecule has 73 heavy (non-hydrogen) atoms. The van der Waals surface area contributed by atoms with E-state index >= 15 is 0 Å². The summed E-state index contributed by atoms with van der Waals surface area (Å²) < 4.78 is 23.6. The molecule has 8 heterocycles. The number of benzene rings is 2. The molecule has 0 spiro atoms. The zero-order chi connectivity index (χ0) is 51.3. The van der Waals surface area contributed by atoms with E-state index in [9.17, 15) is 19.2 Å². The van der Waals surface area contributed by atoms with Gasteiger partial charge >= 0.3 is 0 Å². The van der Waals surface area contributed by atoms with Crippen LogP contribution >= 0.6 is 0 Å². The number of ketones is 2. The number of carbonyl (C=O) groups is 4. The zero-order valence-corrected chi connectivity index (χ0v) is 43.3. The Hall–Kier alpha value is -6.52. The molecule has 2 amide bonds. The smallest absolute Gasteiger partial charge is 0.227 e. The Morgan fingerprint density at radius 3 is 1.59 bits per heavy atom. The van der Waals surface area contributed by atoms with E-state index in [0.717, 1.165) is 118 Å². The second kappa shape index (κ2) is 24.9. The van der Waals surface area contributed by atoms with Gasteiger partial charge in [0.15, 0.2) is 11.5 Å². The number of likely N-dealkylation sites (tertiary alicyclic amines) is 1. The predicted octanol–water partition coefficient (Wildman–Crippen LogP) is 10.0. The van der Waals surface area contributed by atoms with E-state index in [-0.39, 0.29) is 35.2 Å². The maximum atomic E-state index is 13.6. The Morgan fingerprint density at radius 1 is 0.671 bits per heavy atom. The average Bonchev–Trinajstić information content (AvgIpc) is 4.12. The lowest BCUT2D eigenvalue weighted by Gasteiger charge is -2.47. The van der Waals surface area contributed by atoms with Crippen molar-refractivity contribution in [3.63, 3.8) is 0 Å². The fraction of sp³-hybridized carbons (Fsp3) is 0.509. The number of hydrogen-bond acceptors (Lipinski definition) is 14. The number of carbonyl (C=O) groups excluding carboxylic acids is 4. The minimum absolute atomic E-state index is 0.0103. The van der Waals surface area contributed by atoms with Gasteiger partial charge in [0.05, 0.1) is 60.1 Å². The molecular weight excluding hydrogens is 925 g/mol. The summed E-state index contributed by atoms with van der Waals surface area (Å²) in [5, 5.41) is 8.44. The number of hydrogen-bond donors (Lipinski definition) is 2. The third-order valence-corrected chi connectivity index (χ3v) is 14.9. The summed E-state index contributed by atoms with van der Waals surface area (Å²) in [4.78, 5) is 72.7. The highest BCUT2D eigenvalue weighted by molar-refractivity contribution is 5.87. The van der Waals surface area contributed by atoms with Crippen molar-refractivity contribution in [2.45, 2.75) is 122 Å². The van der Waals surface area contributed by atoms with Gasteiger partial charge in [-0.25, -0.2) is 19.9 Å². The number of unbranched alkanes of at least 4 members (excludes halogenated alkanes) is 4. The standard InChI is InChI=1S/C30H38N4O4.C27H34N4O4/c1-3-22(35)10-5-4-6-12-25(33-29(36)30-13-16-34(17-14-30)18-15-30)28-31-20-26(38-28)23-19-21-9-7-8-11-24(21)32-27(23)37-2;1-4-20(32)11-6-5-7-13-23(29-25(33)19-16-31(2)17-19)27-28-15-24(35-27)21-14-18-10-8-9-12-22(18)30-26(21)34-3/h7-9,11,19-20,25H,3-6,10,12-18H2,1-2H3,(H,33,36);8-10,12,14-15,19,23H,4-7,11,13,16-17H2,1-3H3,(H,29,33)/t25-;23-/m01/s1. The summed E-state index contributed by atoms with van der Waals surface area (Å²) in [5.41, 5.74) is 2.84. The number of aromatic nitrogens is 4. The highest BCUT2D eigenvalue weighted by atomic mass is 16.5. The minimum Gasteiger partial charge on any atom is -0.480 e. The molecule has 4 fully saturated rings. The molecule has 6 aromatic rings. The first-order chi connectivity index (χ1) is 35.5. The number of nitrogens with one attached hydrogen (secondary N) is 2. The topological polar surface area (TPSA) is 195 Å². The number of Topliss-reactive ketones (excluding diaryl/α,β-unsaturated/α-hetero) is 2. The van der Waals surface area contributed by atoms with Gasteiger partial charge in [-0.2, -0.15) is 0 Å². The van der Waals surface area contributed by atoms with Crippen molar-refractivity contribution in [2.75, 3.05) is 54.0 Å². The number of rotatable bonds is 24. The van der Waals surface area contributed by atoms with Crippen molar-refractivity contribution >= 4 is 45.2 Å². The predicted molar refractivity (Wildman–Crippen MR) is 280 cm³/mol. The molecule has 2 bridgehead atoms. The van der Waals surface area contributed by atoms with E-state index in [4.69, 9.17) is 18.3 Å². The molecule has 2 N–H and O–H groups in total. The molecule has 4 aliphatic heterocycles. The molecule has 2 atom stereocenters. The summed E-state index contributed by atoms with van der Waals surface area (Å²) >= 11 is 0. The number of fused-ring (bicyclic) bond motifs is 5. The Kier molecular flexibility index (Phi) is 18.0. The van der Waals surface area contributed by atoms with Gasteiger partial charge in [0.25, 0.3) is 0 Å². The molecule has 16 heteroatoms. The van der Waals surface area contributed by atoms with Gasteiger partial charge in [0, 0.05) is 49.5 Å². The summed E-state index contributed by atoms with van der Waals surface area (Å²) in [7, 11) is 5.18. The van der Waals surface area contributed by atoms with Crippen LogP contribution in [0.2, 0.25) is 0 Å². The molecule has 0 aliphatic carbocycles. The van der Waals surface area contributed by atoms with E-state index < -0.39 is 0 Å². The van der Waals surface area contributed by atoms with Crippen LogP contribution in [0.25, 0.3) is 44.5 Å². The lowest BCUT2D eigenvalue weighted by atomic mass is 9.71. The molecule has 0 radical (unpaired) electrons. The normalized spacial score (nSPS) is 18.3. The quantitative estimate of drug-likeness (QED) is 0.0544. The number of pyridine rings is 2. The van der Waals surface area contributed by atoms with Crippen molar-refractivity contribution in [1.82, 2.24) is 40.4 Å². The van der Waals surface area contributed by atoms with Crippen LogP contribution in [0.15, 0.2) is 81.9 Å². The minimum atomic E-state index is -0.330. The van der Waals surface area contributed by atoms with Crippen molar-refractivity contribution in [1.29, 1.82) is 0 Å². The largest absolute Gasteiger partial charge is 0.480 e. The van der Waals surface area contributed by atoms with E-state index in [1.54, 1.807) is 26.6 Å². The molecule has 4 aliphatic rings. The lowest BCUT2D eigenvalue weighted by molar-refractivity contribution is -0.139. The van der Waals surface area contributed by atoms with Crippen molar-refractivity contribution in [3.8, 4) is 34.4 Å². The van der Waals surface area contributed by atoms with Crippen LogP contribution in [0.4, 0.5) is 0 Å². The van der Waals surface area contributed by atoms with Gasteiger partial charge in [-0.3, -0.25) is 19.2 Å². The average molecular weight is 997 g/mol. The molecule has 10 rings (SSSR count). The summed E-state index contributed by atoms with van der Waals surface area (Å²) in [6.45, 7) is 8.28. The van der Waals surface area contributed by atoms with Crippen LogP contribution in [-0.4, -0.2) is 107 Å². The number of nitrogens with zero attached hydrogens (tertiary/aromatic N) is 6. The number of oxazole rings is 2. The van der Waals surface area contributed by atoms with Crippen molar-refractivity contribution in [2.24, 2.45) is 11.3 Å². The first-order valence-electron chi connectivity index (χ1n) is 26.3. The van der Waals surface area contributed by atoms with Crippen molar-refractivity contribution in [3.05, 3.63) is 84.8 Å².